The Kier molecular flexibility index (Phi) is 4.63. The van der Waals surface area contributed by atoms with Gasteiger partial charge in [-0.2, -0.15) is 0 Å². The SMILES string of the molecule is COc1ccccc1CNc1cc(Br)ccc1C(=O)O. The minimum absolute atomic E-state index is 0.239. The summed E-state index contributed by atoms with van der Waals surface area (Å²) in [5.41, 5.74) is 1.77. The quantitative estimate of drug-likeness (QED) is 0.873. The van der Waals surface area contributed by atoms with Crippen LogP contribution in [0.3, 0.4) is 0 Å². The van der Waals surface area contributed by atoms with E-state index < -0.39 is 5.97 Å². The Morgan fingerprint density at radius 2 is 2.05 bits per heavy atom. The van der Waals surface area contributed by atoms with Gasteiger partial charge in [-0.15, -0.1) is 0 Å². The van der Waals surface area contributed by atoms with Crippen LogP contribution in [0.1, 0.15) is 15.9 Å². The number of ether oxygens (including phenoxy) is 1. The Morgan fingerprint density at radius 1 is 1.30 bits per heavy atom. The number of aromatic carboxylic acids is 1. The summed E-state index contributed by atoms with van der Waals surface area (Å²) in [4.78, 5) is 11.2. The van der Waals surface area contributed by atoms with Crippen molar-refractivity contribution in [1.82, 2.24) is 0 Å². The smallest absolute Gasteiger partial charge is 0.337 e. The van der Waals surface area contributed by atoms with Crippen LogP contribution in [0.4, 0.5) is 5.69 Å². The Balaban J connectivity index is 2.22. The van der Waals surface area contributed by atoms with E-state index in [4.69, 9.17) is 4.74 Å². The normalized spacial score (nSPS) is 10.1. The maximum Gasteiger partial charge on any atom is 0.337 e. The van der Waals surface area contributed by atoms with E-state index in [1.54, 1.807) is 25.3 Å². The van der Waals surface area contributed by atoms with E-state index in [0.29, 0.717) is 12.2 Å². The van der Waals surface area contributed by atoms with Crippen LogP contribution in [0.25, 0.3) is 0 Å². The first-order valence-electron chi connectivity index (χ1n) is 6.00. The highest BCUT2D eigenvalue weighted by Gasteiger charge is 2.10. The Labute approximate surface area is 125 Å². The number of carboxylic acid groups (broad SMARTS) is 1. The van der Waals surface area contributed by atoms with Crippen molar-refractivity contribution in [3.8, 4) is 5.75 Å². The van der Waals surface area contributed by atoms with Crippen molar-refractivity contribution in [2.24, 2.45) is 0 Å². The van der Waals surface area contributed by atoms with E-state index >= 15 is 0 Å². The zero-order valence-electron chi connectivity index (χ0n) is 10.9. The highest BCUT2D eigenvalue weighted by Crippen LogP contribution is 2.24. The molecule has 0 saturated carbocycles. The van der Waals surface area contributed by atoms with Crippen LogP contribution in [0, 0.1) is 0 Å². The molecule has 20 heavy (non-hydrogen) atoms. The zero-order chi connectivity index (χ0) is 14.5. The van der Waals surface area contributed by atoms with Gasteiger partial charge in [-0.1, -0.05) is 34.1 Å². The molecule has 0 bridgehead atoms. The Hall–Kier alpha value is -2.01. The number of hydrogen-bond donors (Lipinski definition) is 2. The fraction of sp³-hybridized carbons (Fsp3) is 0.133. The van der Waals surface area contributed by atoms with Gasteiger partial charge in [0.1, 0.15) is 5.75 Å². The first-order valence-corrected chi connectivity index (χ1v) is 6.79. The number of methoxy groups -OCH3 is 1. The highest BCUT2D eigenvalue weighted by molar-refractivity contribution is 9.10. The summed E-state index contributed by atoms with van der Waals surface area (Å²) in [6.07, 6.45) is 0. The number of carbonyl (C=O) groups is 1. The van der Waals surface area contributed by atoms with Crippen LogP contribution in [-0.2, 0) is 6.54 Å². The maximum atomic E-state index is 11.2. The predicted octanol–water partition coefficient (Wildman–Crippen LogP) is 3.77. The summed E-state index contributed by atoms with van der Waals surface area (Å²) in [5.74, 6) is -0.188. The molecule has 4 nitrogen and oxygen atoms in total. The van der Waals surface area contributed by atoms with Gasteiger partial charge in [0, 0.05) is 16.6 Å². The van der Waals surface area contributed by atoms with Gasteiger partial charge >= 0.3 is 5.97 Å². The second-order valence-corrected chi connectivity index (χ2v) is 5.08. The van der Waals surface area contributed by atoms with Crippen LogP contribution in [0.5, 0.6) is 5.75 Å². The molecule has 2 rings (SSSR count). The molecule has 2 aromatic rings. The molecule has 104 valence electrons. The van der Waals surface area contributed by atoms with Crippen LogP contribution < -0.4 is 10.1 Å². The number of carboxylic acids is 1. The van der Waals surface area contributed by atoms with E-state index in [-0.39, 0.29) is 5.56 Å². The number of hydrogen-bond acceptors (Lipinski definition) is 3. The molecule has 0 amide bonds. The molecule has 0 aliphatic heterocycles. The van der Waals surface area contributed by atoms with Gasteiger partial charge in [-0.25, -0.2) is 4.79 Å². The molecule has 0 unspecified atom stereocenters. The van der Waals surface area contributed by atoms with E-state index in [9.17, 15) is 9.90 Å². The van der Waals surface area contributed by atoms with Crippen LogP contribution >= 0.6 is 15.9 Å². The molecule has 0 radical (unpaired) electrons. The summed E-state index contributed by atoms with van der Waals surface area (Å²) in [6, 6.07) is 12.6. The van der Waals surface area contributed by atoms with Crippen LogP contribution in [-0.4, -0.2) is 18.2 Å². The third-order valence-corrected chi connectivity index (χ3v) is 3.37. The topological polar surface area (TPSA) is 58.6 Å². The summed E-state index contributed by atoms with van der Waals surface area (Å²) in [5, 5.41) is 12.3. The molecule has 2 N–H and O–H groups in total. The molecule has 2 aromatic carbocycles. The summed E-state index contributed by atoms with van der Waals surface area (Å²) >= 11 is 3.34. The molecule has 0 heterocycles. The van der Waals surface area contributed by atoms with Gasteiger partial charge in [0.15, 0.2) is 0 Å². The monoisotopic (exact) mass is 335 g/mol. The number of para-hydroxylation sites is 1. The van der Waals surface area contributed by atoms with E-state index in [2.05, 4.69) is 21.2 Å². The summed E-state index contributed by atoms with van der Waals surface area (Å²) < 4.78 is 6.09. The van der Waals surface area contributed by atoms with Crippen molar-refractivity contribution in [3.63, 3.8) is 0 Å². The molecule has 0 aromatic heterocycles. The lowest BCUT2D eigenvalue weighted by molar-refractivity contribution is 0.0698. The predicted molar refractivity (Wildman–Crippen MR) is 81.4 cm³/mol. The zero-order valence-corrected chi connectivity index (χ0v) is 12.5. The second kappa shape index (κ2) is 6.43. The van der Waals surface area contributed by atoms with Crippen molar-refractivity contribution >= 4 is 27.6 Å². The maximum absolute atomic E-state index is 11.2. The third kappa shape index (κ3) is 3.30. The number of halogens is 1. The molecule has 0 fully saturated rings. The van der Waals surface area contributed by atoms with Crippen molar-refractivity contribution in [2.45, 2.75) is 6.54 Å². The van der Waals surface area contributed by atoms with Gasteiger partial charge in [-0.3, -0.25) is 0 Å². The summed E-state index contributed by atoms with van der Waals surface area (Å²) in [7, 11) is 1.61. The third-order valence-electron chi connectivity index (χ3n) is 2.87. The Bertz CT molecular complexity index is 628. The lowest BCUT2D eigenvalue weighted by atomic mass is 10.1. The second-order valence-electron chi connectivity index (χ2n) is 4.16. The molecule has 0 spiro atoms. The van der Waals surface area contributed by atoms with Crippen molar-refractivity contribution < 1.29 is 14.6 Å². The molecular weight excluding hydrogens is 322 g/mol. The highest BCUT2D eigenvalue weighted by atomic mass is 79.9. The van der Waals surface area contributed by atoms with Crippen molar-refractivity contribution in [1.29, 1.82) is 0 Å². The molecule has 0 saturated heterocycles. The van der Waals surface area contributed by atoms with Gasteiger partial charge in [0.05, 0.1) is 18.4 Å². The molecule has 5 heteroatoms. The minimum Gasteiger partial charge on any atom is -0.496 e. The van der Waals surface area contributed by atoms with Crippen LogP contribution in [0.2, 0.25) is 0 Å². The molecule has 0 aliphatic carbocycles. The van der Waals surface area contributed by atoms with Crippen molar-refractivity contribution in [2.75, 3.05) is 12.4 Å². The molecule has 0 atom stereocenters. The fourth-order valence-corrected chi connectivity index (χ4v) is 2.25. The standard InChI is InChI=1S/C15H14BrNO3/c1-20-14-5-3-2-4-10(14)9-17-13-8-11(16)6-7-12(13)15(18)19/h2-8,17H,9H2,1H3,(H,18,19). The first kappa shape index (κ1) is 14.4. The van der Waals surface area contributed by atoms with Gasteiger partial charge in [-0.05, 0) is 24.3 Å². The average Bonchev–Trinajstić information content (AvgIpc) is 2.45. The van der Waals surface area contributed by atoms with Gasteiger partial charge < -0.3 is 15.2 Å². The van der Waals surface area contributed by atoms with Gasteiger partial charge in [0.25, 0.3) is 0 Å². The lowest BCUT2D eigenvalue weighted by Crippen LogP contribution is -2.07. The summed E-state index contributed by atoms with van der Waals surface area (Å²) in [6.45, 7) is 0.487. The lowest BCUT2D eigenvalue weighted by Gasteiger charge is -2.12. The number of rotatable bonds is 5. The number of anilines is 1. The minimum atomic E-state index is -0.958. The molecular formula is C15H14BrNO3. The van der Waals surface area contributed by atoms with Crippen molar-refractivity contribution in [3.05, 3.63) is 58.1 Å². The Morgan fingerprint density at radius 3 is 2.75 bits per heavy atom. The number of nitrogens with one attached hydrogen (secondary N) is 1. The largest absolute Gasteiger partial charge is 0.496 e. The fourth-order valence-electron chi connectivity index (χ4n) is 1.89. The number of benzene rings is 2. The van der Waals surface area contributed by atoms with Gasteiger partial charge in [0.2, 0.25) is 0 Å². The van der Waals surface area contributed by atoms with Crippen LogP contribution in [0.15, 0.2) is 46.9 Å². The van der Waals surface area contributed by atoms with E-state index in [0.717, 1.165) is 15.8 Å². The van der Waals surface area contributed by atoms with E-state index in [1.165, 1.54) is 0 Å². The average molecular weight is 336 g/mol. The molecule has 0 aliphatic rings. The first-order chi connectivity index (χ1) is 9.61. The van der Waals surface area contributed by atoms with E-state index in [1.807, 2.05) is 24.3 Å².